The lowest BCUT2D eigenvalue weighted by atomic mass is 9.94. The standard InChI is InChI=1S/C16H27N3O2/c1-19-10-6-13(7-11-19)4-8-17-12-14-16(21-3)15(20-2)5-9-18-14/h5,9,13,17H,4,6-8,10-12H2,1-3H3. The molecule has 1 N–H and O–H groups in total. The van der Waals surface area contributed by atoms with Gasteiger partial charge in [-0.3, -0.25) is 4.98 Å². The second-order valence-electron chi connectivity index (χ2n) is 5.71. The van der Waals surface area contributed by atoms with E-state index in [0.29, 0.717) is 6.54 Å². The molecule has 1 aromatic heterocycles. The maximum atomic E-state index is 5.39. The van der Waals surface area contributed by atoms with Crippen LogP contribution in [0.25, 0.3) is 0 Å². The third-order valence-electron chi connectivity index (χ3n) is 4.23. The molecule has 0 bridgehead atoms. The van der Waals surface area contributed by atoms with Crippen LogP contribution in [0.15, 0.2) is 12.3 Å². The van der Waals surface area contributed by atoms with Crippen molar-refractivity contribution in [2.75, 3.05) is 40.9 Å². The number of nitrogens with one attached hydrogen (secondary N) is 1. The fraction of sp³-hybridized carbons (Fsp3) is 0.688. The van der Waals surface area contributed by atoms with Crippen LogP contribution in [0.2, 0.25) is 0 Å². The van der Waals surface area contributed by atoms with E-state index < -0.39 is 0 Å². The van der Waals surface area contributed by atoms with E-state index in [1.165, 1.54) is 32.4 Å². The summed E-state index contributed by atoms with van der Waals surface area (Å²) in [5.74, 6) is 2.32. The molecule has 2 heterocycles. The number of methoxy groups -OCH3 is 2. The summed E-state index contributed by atoms with van der Waals surface area (Å²) in [6.45, 7) is 4.20. The van der Waals surface area contributed by atoms with Crippen molar-refractivity contribution in [2.45, 2.75) is 25.8 Å². The molecule has 1 aliphatic heterocycles. The monoisotopic (exact) mass is 293 g/mol. The molecule has 0 unspecified atom stereocenters. The smallest absolute Gasteiger partial charge is 0.183 e. The van der Waals surface area contributed by atoms with Crippen LogP contribution in [0.1, 0.15) is 25.0 Å². The number of ether oxygens (including phenoxy) is 2. The van der Waals surface area contributed by atoms with Crippen LogP contribution >= 0.6 is 0 Å². The van der Waals surface area contributed by atoms with Gasteiger partial charge in [0, 0.05) is 18.8 Å². The molecule has 1 saturated heterocycles. The van der Waals surface area contributed by atoms with Crippen molar-refractivity contribution < 1.29 is 9.47 Å². The lowest BCUT2D eigenvalue weighted by Gasteiger charge is -2.28. The van der Waals surface area contributed by atoms with E-state index >= 15 is 0 Å². The number of nitrogens with zero attached hydrogens (tertiary/aromatic N) is 2. The molecule has 0 atom stereocenters. The largest absolute Gasteiger partial charge is 0.493 e. The van der Waals surface area contributed by atoms with Gasteiger partial charge in [-0.15, -0.1) is 0 Å². The van der Waals surface area contributed by atoms with Crippen molar-refractivity contribution in [3.8, 4) is 11.5 Å². The van der Waals surface area contributed by atoms with Crippen molar-refractivity contribution in [1.29, 1.82) is 0 Å². The molecule has 0 aromatic carbocycles. The topological polar surface area (TPSA) is 46.6 Å². The summed E-state index contributed by atoms with van der Waals surface area (Å²) in [4.78, 5) is 6.79. The van der Waals surface area contributed by atoms with Crippen molar-refractivity contribution in [3.05, 3.63) is 18.0 Å². The Bertz CT molecular complexity index is 432. The van der Waals surface area contributed by atoms with E-state index in [2.05, 4.69) is 22.2 Å². The SMILES string of the molecule is COc1ccnc(CNCCC2CCN(C)CC2)c1OC. The Kier molecular flexibility index (Phi) is 6.26. The fourth-order valence-electron chi connectivity index (χ4n) is 2.84. The van der Waals surface area contributed by atoms with Gasteiger partial charge in [-0.2, -0.15) is 0 Å². The number of hydrogen-bond donors (Lipinski definition) is 1. The first-order chi connectivity index (χ1) is 10.2. The molecule has 2 rings (SSSR count). The van der Waals surface area contributed by atoms with Crippen molar-refractivity contribution in [1.82, 2.24) is 15.2 Å². The molecule has 1 aromatic rings. The molecule has 118 valence electrons. The predicted octanol–water partition coefficient (Wildman–Crippen LogP) is 1.92. The summed E-state index contributed by atoms with van der Waals surface area (Å²) < 4.78 is 10.7. The molecule has 0 spiro atoms. The summed E-state index contributed by atoms with van der Waals surface area (Å²) in [6, 6.07) is 1.82. The van der Waals surface area contributed by atoms with E-state index in [0.717, 1.165) is 29.7 Å². The van der Waals surface area contributed by atoms with Gasteiger partial charge >= 0.3 is 0 Å². The van der Waals surface area contributed by atoms with Crippen LogP contribution in [0, 0.1) is 5.92 Å². The number of likely N-dealkylation sites (tertiary alicyclic amines) is 1. The van der Waals surface area contributed by atoms with E-state index in [9.17, 15) is 0 Å². The Hall–Kier alpha value is -1.33. The van der Waals surface area contributed by atoms with Gasteiger partial charge in [0.25, 0.3) is 0 Å². The Labute approximate surface area is 127 Å². The Morgan fingerprint density at radius 1 is 1.29 bits per heavy atom. The third-order valence-corrected chi connectivity index (χ3v) is 4.23. The van der Waals surface area contributed by atoms with E-state index in [-0.39, 0.29) is 0 Å². The molecule has 0 amide bonds. The molecular formula is C16H27N3O2. The molecule has 5 heteroatoms. The zero-order valence-electron chi connectivity index (χ0n) is 13.4. The van der Waals surface area contributed by atoms with E-state index in [1.54, 1.807) is 20.4 Å². The minimum atomic E-state index is 0.715. The second kappa shape index (κ2) is 8.20. The molecule has 0 saturated carbocycles. The molecule has 1 fully saturated rings. The van der Waals surface area contributed by atoms with Crippen molar-refractivity contribution in [2.24, 2.45) is 5.92 Å². The zero-order chi connectivity index (χ0) is 15.1. The maximum Gasteiger partial charge on any atom is 0.183 e. The minimum Gasteiger partial charge on any atom is -0.493 e. The van der Waals surface area contributed by atoms with Gasteiger partial charge in [-0.1, -0.05) is 0 Å². The lowest BCUT2D eigenvalue weighted by molar-refractivity contribution is 0.211. The Balaban J connectivity index is 1.76. The van der Waals surface area contributed by atoms with E-state index in [1.807, 2.05) is 6.07 Å². The summed E-state index contributed by atoms with van der Waals surface area (Å²) >= 11 is 0. The van der Waals surface area contributed by atoms with Gasteiger partial charge in [-0.25, -0.2) is 0 Å². The summed E-state index contributed by atoms with van der Waals surface area (Å²) in [5.41, 5.74) is 0.903. The Morgan fingerprint density at radius 3 is 2.71 bits per heavy atom. The minimum absolute atomic E-state index is 0.715. The highest BCUT2D eigenvalue weighted by atomic mass is 16.5. The second-order valence-corrected chi connectivity index (χ2v) is 5.71. The van der Waals surface area contributed by atoms with Crippen molar-refractivity contribution in [3.63, 3.8) is 0 Å². The summed E-state index contributed by atoms with van der Waals surface area (Å²) in [5, 5.41) is 3.47. The van der Waals surface area contributed by atoms with Gasteiger partial charge in [0.15, 0.2) is 11.5 Å². The quantitative estimate of drug-likeness (QED) is 0.778. The number of hydrogen-bond acceptors (Lipinski definition) is 5. The lowest BCUT2D eigenvalue weighted by Crippen LogP contribution is -2.31. The van der Waals surface area contributed by atoms with Crippen molar-refractivity contribution >= 4 is 0 Å². The Morgan fingerprint density at radius 2 is 2.05 bits per heavy atom. The zero-order valence-corrected chi connectivity index (χ0v) is 13.4. The van der Waals surface area contributed by atoms with Crippen LogP contribution in [0.4, 0.5) is 0 Å². The normalized spacial score (nSPS) is 16.9. The third kappa shape index (κ3) is 4.58. The van der Waals surface area contributed by atoms with Gasteiger partial charge in [-0.05, 0) is 51.9 Å². The molecule has 0 aliphatic carbocycles. The summed E-state index contributed by atoms with van der Waals surface area (Å²) in [7, 11) is 5.51. The average molecular weight is 293 g/mol. The number of pyridine rings is 1. The highest BCUT2D eigenvalue weighted by Crippen LogP contribution is 2.28. The summed E-state index contributed by atoms with van der Waals surface area (Å²) in [6.07, 6.45) is 5.63. The number of piperidine rings is 1. The number of aromatic nitrogens is 1. The van der Waals surface area contributed by atoms with Gasteiger partial charge < -0.3 is 19.7 Å². The van der Waals surface area contributed by atoms with Crippen LogP contribution in [0.3, 0.4) is 0 Å². The molecule has 1 aliphatic rings. The van der Waals surface area contributed by atoms with E-state index in [4.69, 9.17) is 9.47 Å². The molecule has 0 radical (unpaired) electrons. The maximum absolute atomic E-state index is 5.39. The number of rotatable bonds is 7. The fourth-order valence-corrected chi connectivity index (χ4v) is 2.84. The highest BCUT2D eigenvalue weighted by molar-refractivity contribution is 5.42. The van der Waals surface area contributed by atoms with Crippen LogP contribution in [0.5, 0.6) is 11.5 Å². The average Bonchev–Trinajstić information content (AvgIpc) is 2.52. The van der Waals surface area contributed by atoms with Gasteiger partial charge in [0.1, 0.15) is 0 Å². The van der Waals surface area contributed by atoms with Crippen LogP contribution < -0.4 is 14.8 Å². The van der Waals surface area contributed by atoms with Gasteiger partial charge in [0.05, 0.1) is 19.9 Å². The first-order valence-corrected chi connectivity index (χ1v) is 7.69. The van der Waals surface area contributed by atoms with Gasteiger partial charge in [0.2, 0.25) is 0 Å². The molecular weight excluding hydrogens is 266 g/mol. The first-order valence-electron chi connectivity index (χ1n) is 7.69. The van der Waals surface area contributed by atoms with Crippen LogP contribution in [-0.2, 0) is 6.54 Å². The molecule has 5 nitrogen and oxygen atoms in total. The highest BCUT2D eigenvalue weighted by Gasteiger charge is 2.16. The predicted molar refractivity (Wildman–Crippen MR) is 83.9 cm³/mol. The molecule has 21 heavy (non-hydrogen) atoms. The first kappa shape index (κ1) is 16.0. The van der Waals surface area contributed by atoms with Crippen LogP contribution in [-0.4, -0.2) is 50.8 Å².